The molecule has 0 saturated heterocycles. The van der Waals surface area contributed by atoms with Gasteiger partial charge in [-0.3, -0.25) is 0 Å². The number of alkyl halides is 17. The summed E-state index contributed by atoms with van der Waals surface area (Å²) >= 11 is -4.61. The third-order valence-corrected chi connectivity index (χ3v) is 14.4. The Hall–Kier alpha value is -2.11. The topological polar surface area (TPSA) is 43.4 Å². The first-order valence-corrected chi connectivity index (χ1v) is 18.4. The van der Waals surface area contributed by atoms with Crippen molar-refractivity contribution in [2.75, 3.05) is 0 Å². The van der Waals surface area contributed by atoms with E-state index in [9.17, 15) is 83.1 Å². The molecule has 3 nitrogen and oxygen atoms in total. The summed E-state index contributed by atoms with van der Waals surface area (Å²) < 4.78 is 263. The molecule has 288 valence electrons. The SMILES string of the molecule is CCCCc1ccc(I(OS(=O)(=O)C(F)(F)C(F)(F)C(F)(F)C(F)(F)C(F)(F)C(F)(F)C(F)(F)C(F)(F)F)c2ccc(CCCC)cc2)cc1. The van der Waals surface area contributed by atoms with Crippen molar-refractivity contribution >= 4 is 30.4 Å². The van der Waals surface area contributed by atoms with E-state index < -0.39 is 77.3 Å². The number of rotatable bonds is 17. The molecule has 0 aliphatic rings. The van der Waals surface area contributed by atoms with Crippen LogP contribution in [0.1, 0.15) is 50.7 Å². The van der Waals surface area contributed by atoms with E-state index in [0.29, 0.717) is 49.7 Å². The molecule has 2 rings (SSSR count). The molecule has 0 N–H and O–H groups in total. The summed E-state index contributed by atoms with van der Waals surface area (Å²) in [5, 5.41) is -7.75. The van der Waals surface area contributed by atoms with Crippen LogP contribution >= 0.6 is 20.2 Å². The standard InChI is InChI=1S/C28H26F17IO3S/c1-3-5-7-17-9-13-19(14-10-17)46(20-15-11-18(12-16-20)8-6-4-2)49-50(47,48)28(44,45)26(39,40)24(35,36)22(31,32)21(29,30)23(33,34)25(37,38)27(41,42)43/h9-16H,3-8H2,1-2H3. The van der Waals surface area contributed by atoms with E-state index in [1.807, 2.05) is 13.8 Å². The van der Waals surface area contributed by atoms with Gasteiger partial charge in [-0.1, -0.05) is 0 Å². The van der Waals surface area contributed by atoms with E-state index in [0.717, 1.165) is 24.3 Å². The van der Waals surface area contributed by atoms with Crippen LogP contribution in [0.5, 0.6) is 0 Å². The monoisotopic (exact) mass is 892 g/mol. The van der Waals surface area contributed by atoms with E-state index in [1.165, 1.54) is 24.3 Å². The van der Waals surface area contributed by atoms with Crippen molar-refractivity contribution in [3.8, 4) is 0 Å². The maximum atomic E-state index is 14.9. The fourth-order valence-electron chi connectivity index (χ4n) is 3.92. The Morgan fingerprint density at radius 1 is 0.500 bits per heavy atom. The quantitative estimate of drug-likeness (QED) is 0.117. The van der Waals surface area contributed by atoms with E-state index in [2.05, 4.69) is 2.51 Å². The van der Waals surface area contributed by atoms with Crippen molar-refractivity contribution in [3.63, 3.8) is 0 Å². The summed E-state index contributed by atoms with van der Waals surface area (Å²) in [4.78, 5) is 0. The van der Waals surface area contributed by atoms with Gasteiger partial charge in [0.2, 0.25) is 0 Å². The van der Waals surface area contributed by atoms with Crippen LogP contribution in [0, 0.1) is 7.14 Å². The molecule has 0 spiro atoms. The van der Waals surface area contributed by atoms with Crippen molar-refractivity contribution in [1.82, 2.24) is 0 Å². The van der Waals surface area contributed by atoms with Gasteiger partial charge in [-0.25, -0.2) is 0 Å². The van der Waals surface area contributed by atoms with Gasteiger partial charge in [0.25, 0.3) is 0 Å². The number of unbranched alkanes of at least 4 members (excludes halogenated alkanes) is 2. The minimum absolute atomic E-state index is 0.309. The summed E-state index contributed by atoms with van der Waals surface area (Å²) in [5.41, 5.74) is 1.16. The molecule has 2 aromatic carbocycles. The van der Waals surface area contributed by atoms with Gasteiger partial charge in [0.15, 0.2) is 0 Å². The van der Waals surface area contributed by atoms with Crippen LogP contribution in [0.25, 0.3) is 0 Å². The zero-order chi connectivity index (χ0) is 39.0. The van der Waals surface area contributed by atoms with Gasteiger partial charge in [0, 0.05) is 0 Å². The van der Waals surface area contributed by atoms with Crippen molar-refractivity contribution < 1.29 is 85.6 Å². The van der Waals surface area contributed by atoms with Gasteiger partial charge in [0.1, 0.15) is 0 Å². The van der Waals surface area contributed by atoms with Gasteiger partial charge in [-0.15, -0.1) is 0 Å². The second kappa shape index (κ2) is 14.7. The Morgan fingerprint density at radius 3 is 1.10 bits per heavy atom. The Bertz CT molecular complexity index is 1490. The van der Waals surface area contributed by atoms with Crippen LogP contribution in [-0.2, 0) is 25.5 Å². The van der Waals surface area contributed by atoms with Gasteiger partial charge < -0.3 is 0 Å². The summed E-state index contributed by atoms with van der Waals surface area (Å²) in [6, 6.07) is 9.61. The van der Waals surface area contributed by atoms with Crippen LogP contribution in [0.2, 0.25) is 0 Å². The van der Waals surface area contributed by atoms with Crippen molar-refractivity contribution in [2.45, 2.75) is 99.3 Å². The second-order valence-corrected chi connectivity index (χ2v) is 17.2. The first-order valence-electron chi connectivity index (χ1n) is 14.0. The molecule has 0 atom stereocenters. The summed E-state index contributed by atoms with van der Waals surface area (Å²) in [5.74, 6) is -52.1. The van der Waals surface area contributed by atoms with Gasteiger partial charge >= 0.3 is 282 Å². The third kappa shape index (κ3) is 7.52. The van der Waals surface area contributed by atoms with E-state index in [1.54, 1.807) is 0 Å². The van der Waals surface area contributed by atoms with Crippen molar-refractivity contribution in [1.29, 1.82) is 0 Å². The Kier molecular flexibility index (Phi) is 13.0. The predicted octanol–water partition coefficient (Wildman–Crippen LogP) is 11.1. The summed E-state index contributed by atoms with van der Waals surface area (Å²) in [6.45, 7) is 3.64. The molecule has 0 unspecified atom stereocenters. The third-order valence-electron chi connectivity index (χ3n) is 7.01. The van der Waals surface area contributed by atoms with Crippen LogP contribution in [0.4, 0.5) is 74.6 Å². The first-order chi connectivity index (χ1) is 22.4. The first kappa shape index (κ1) is 44.1. The molecule has 0 aliphatic heterocycles. The fourth-order valence-corrected chi connectivity index (χ4v) is 10.8. The zero-order valence-electron chi connectivity index (χ0n) is 25.3. The fraction of sp³-hybridized carbons (Fsp3) is 0.571. The van der Waals surface area contributed by atoms with E-state index >= 15 is 0 Å². The Labute approximate surface area is 281 Å². The molecule has 0 aliphatic carbocycles. The van der Waals surface area contributed by atoms with Crippen LogP contribution in [-0.4, -0.2) is 55.4 Å². The molecule has 50 heavy (non-hydrogen) atoms. The number of halogens is 18. The van der Waals surface area contributed by atoms with Crippen molar-refractivity contribution in [2.24, 2.45) is 0 Å². The molecular formula is C28H26F17IO3S. The average molecular weight is 892 g/mol. The molecule has 0 fully saturated rings. The minimum atomic E-state index is -8.92. The molecule has 0 heterocycles. The maximum absolute atomic E-state index is 14.9. The Balaban J connectivity index is 2.68. The van der Waals surface area contributed by atoms with E-state index in [-0.39, 0.29) is 7.14 Å². The second-order valence-electron chi connectivity index (χ2n) is 10.7. The average Bonchev–Trinajstić information content (AvgIpc) is 3.01. The number of hydrogen-bond donors (Lipinski definition) is 0. The Morgan fingerprint density at radius 2 is 0.800 bits per heavy atom. The molecule has 0 radical (unpaired) electrons. The van der Waals surface area contributed by atoms with Gasteiger partial charge in [0.05, 0.1) is 0 Å². The predicted molar refractivity (Wildman–Crippen MR) is 152 cm³/mol. The number of aryl methyl sites for hydroxylation is 2. The van der Waals surface area contributed by atoms with Crippen LogP contribution in [0.15, 0.2) is 48.5 Å². The van der Waals surface area contributed by atoms with Gasteiger partial charge in [-0.05, 0) is 0 Å². The molecule has 22 heteroatoms. The molecule has 0 aromatic heterocycles. The number of benzene rings is 2. The molecule has 0 amide bonds. The van der Waals surface area contributed by atoms with E-state index in [4.69, 9.17) is 0 Å². The summed E-state index contributed by atoms with van der Waals surface area (Å²) in [6.07, 6.45) is -4.38. The molecule has 2 aromatic rings. The molecule has 0 saturated carbocycles. The zero-order valence-corrected chi connectivity index (χ0v) is 28.3. The summed E-state index contributed by atoms with van der Waals surface area (Å²) in [7, 11) is -7.73. The van der Waals surface area contributed by atoms with Crippen LogP contribution < -0.4 is 0 Å². The number of hydrogen-bond acceptors (Lipinski definition) is 3. The van der Waals surface area contributed by atoms with Crippen LogP contribution in [0.3, 0.4) is 0 Å². The van der Waals surface area contributed by atoms with Crippen molar-refractivity contribution in [3.05, 3.63) is 66.8 Å². The molecule has 0 bridgehead atoms. The van der Waals surface area contributed by atoms with Gasteiger partial charge in [-0.2, -0.15) is 0 Å². The normalized spacial score (nSPS) is 15.0. The molecular weight excluding hydrogens is 866 g/mol.